The van der Waals surface area contributed by atoms with E-state index >= 15 is 0 Å². The molecule has 5 heteroatoms. The van der Waals surface area contributed by atoms with E-state index in [1.54, 1.807) is 0 Å². The Bertz CT molecular complexity index is 118. The molecule has 0 amide bonds. The van der Waals surface area contributed by atoms with Crippen molar-refractivity contribution in [2.45, 2.75) is 5.85 Å². The molecule has 0 heterocycles. The monoisotopic (exact) mass is 122 g/mol. The first-order valence-electron chi connectivity index (χ1n) is 1.45. The molecule has 0 spiro atoms. The summed E-state index contributed by atoms with van der Waals surface area (Å²) >= 11 is 0. The zero-order chi connectivity index (χ0) is 5.86. The van der Waals surface area contributed by atoms with Crippen LogP contribution in [0.5, 0.6) is 0 Å². The van der Waals surface area contributed by atoms with Gasteiger partial charge in [0.2, 0.25) is 5.85 Å². The maximum Gasteiger partial charge on any atom is 0.352 e. The molecule has 7 heavy (non-hydrogen) atoms. The van der Waals surface area contributed by atoms with Crippen molar-refractivity contribution in [3.63, 3.8) is 0 Å². The maximum atomic E-state index is 9.49. The van der Waals surface area contributed by atoms with Gasteiger partial charge in [-0.3, -0.25) is 4.79 Å². The van der Waals surface area contributed by atoms with Gasteiger partial charge in [-0.2, -0.15) is 0 Å². The Labute approximate surface area is 40.0 Å². The van der Waals surface area contributed by atoms with Gasteiger partial charge in [0.15, 0.2) is 6.29 Å². The third kappa shape index (κ3) is 2.25. The first-order chi connectivity index (χ1) is 3.18. The van der Waals surface area contributed by atoms with Crippen LogP contribution in [0.3, 0.4) is 0 Å². The third-order valence-electron chi connectivity index (χ3n) is 0.338. The molecule has 0 aromatic heterocycles. The minimum absolute atomic E-state index is 0.0499. The summed E-state index contributed by atoms with van der Waals surface area (Å²) in [6, 6.07) is 0. The van der Waals surface area contributed by atoms with Gasteiger partial charge in [0.05, 0.1) is 0 Å². The molecular weight excluding hydrogens is 119 g/mol. The van der Waals surface area contributed by atoms with Gasteiger partial charge in [-0.15, -0.1) is 0 Å². The van der Waals surface area contributed by atoms with E-state index in [4.69, 9.17) is 5.11 Å². The number of carbonyl (C=O) groups excluding carboxylic acids is 1. The lowest BCUT2D eigenvalue weighted by Crippen LogP contribution is -1.96. The van der Waals surface area contributed by atoms with E-state index in [1.165, 1.54) is 0 Å². The summed E-state index contributed by atoms with van der Waals surface area (Å²) in [4.78, 5) is 9.31. The summed E-state index contributed by atoms with van der Waals surface area (Å²) in [5.74, 6) is -1.82. The zero-order valence-corrected chi connectivity index (χ0v) is 4.17. The van der Waals surface area contributed by atoms with Crippen molar-refractivity contribution in [2.75, 3.05) is 0 Å². The van der Waals surface area contributed by atoms with Crippen LogP contribution in [0.4, 0.5) is 0 Å². The van der Waals surface area contributed by atoms with E-state index < -0.39 is 13.5 Å². The number of hydrogen-bond donors (Lipinski definition) is 1. The van der Waals surface area contributed by atoms with Crippen LogP contribution < -0.4 is 0 Å². The van der Waals surface area contributed by atoms with Crippen LogP contribution in [0.2, 0.25) is 0 Å². The summed E-state index contributed by atoms with van der Waals surface area (Å²) < 4.78 is 19.0. The quantitative estimate of drug-likeness (QED) is 0.402. The second-order valence-electron chi connectivity index (χ2n) is 0.835. The van der Waals surface area contributed by atoms with E-state index in [1.807, 2.05) is 0 Å². The van der Waals surface area contributed by atoms with Gasteiger partial charge < -0.3 is 5.11 Å². The fourth-order valence-corrected chi connectivity index (χ4v) is 0.149. The van der Waals surface area contributed by atoms with E-state index in [-0.39, 0.29) is 6.29 Å². The number of aldehydes is 1. The fourth-order valence-electron chi connectivity index (χ4n) is 0.0497. The largest absolute Gasteiger partial charge is 0.372 e. The van der Waals surface area contributed by atoms with Crippen LogP contribution in [-0.2, 0) is 13.9 Å². The van der Waals surface area contributed by atoms with E-state index in [2.05, 4.69) is 0 Å². The Morgan fingerprint density at radius 3 is 2.00 bits per heavy atom. The fraction of sp³-hybridized carbons (Fsp3) is 0.500. The molecular formula is C2H3O4P. The normalized spacial score (nSPS) is 12.7. The minimum atomic E-state index is -2.97. The molecule has 0 aromatic rings. The van der Waals surface area contributed by atoms with Gasteiger partial charge in [-0.25, -0.2) is 9.13 Å². The molecule has 0 radical (unpaired) electrons. The Kier molecular flexibility index (Phi) is 2.48. The first kappa shape index (κ1) is 6.53. The average Bonchev–Trinajstić information content (AvgIpc) is 1.65. The van der Waals surface area contributed by atoms with Crippen LogP contribution in [0.15, 0.2) is 0 Å². The topological polar surface area (TPSA) is 71.4 Å². The molecule has 1 N–H and O–H groups in total. The summed E-state index contributed by atoms with van der Waals surface area (Å²) in [6.45, 7) is 0. The highest BCUT2D eigenvalue weighted by Crippen LogP contribution is 2.06. The molecule has 1 unspecified atom stereocenters. The highest BCUT2D eigenvalue weighted by Gasteiger charge is 2.04. The number of hydrogen-bond acceptors (Lipinski definition) is 4. The Morgan fingerprint density at radius 1 is 1.57 bits per heavy atom. The van der Waals surface area contributed by atoms with Crippen LogP contribution in [0, 0.1) is 0 Å². The van der Waals surface area contributed by atoms with Crippen molar-refractivity contribution >= 4 is 14.0 Å². The Morgan fingerprint density at radius 2 is 2.00 bits per heavy atom. The lowest BCUT2D eigenvalue weighted by Gasteiger charge is -1.78. The van der Waals surface area contributed by atoms with Crippen LogP contribution in [-0.4, -0.2) is 17.2 Å². The van der Waals surface area contributed by atoms with E-state index in [9.17, 15) is 13.9 Å². The number of aliphatic hydroxyl groups excluding tert-OH is 1. The first-order valence-corrected chi connectivity index (χ1v) is 2.70. The molecule has 0 rings (SSSR count). The van der Waals surface area contributed by atoms with Gasteiger partial charge in [0, 0.05) is 0 Å². The van der Waals surface area contributed by atoms with Gasteiger partial charge in [0.25, 0.3) is 0 Å². The summed E-state index contributed by atoms with van der Waals surface area (Å²) in [6.07, 6.45) is -0.0499. The SMILES string of the molecule is O=CC(O)P(=O)=O. The van der Waals surface area contributed by atoms with Crippen molar-refractivity contribution in [1.82, 2.24) is 0 Å². The van der Waals surface area contributed by atoms with Crippen molar-refractivity contribution in [2.24, 2.45) is 0 Å². The van der Waals surface area contributed by atoms with E-state index in [0.29, 0.717) is 0 Å². The Hall–Kier alpha value is -0.470. The average molecular weight is 122 g/mol. The maximum absolute atomic E-state index is 9.49. The molecule has 0 bridgehead atoms. The highest BCUT2D eigenvalue weighted by atomic mass is 31.1. The molecule has 0 aliphatic carbocycles. The summed E-state index contributed by atoms with van der Waals surface area (Å²) in [7, 11) is -2.97. The van der Waals surface area contributed by atoms with Gasteiger partial charge in [-0.05, 0) is 0 Å². The molecule has 4 nitrogen and oxygen atoms in total. The minimum Gasteiger partial charge on any atom is -0.372 e. The second kappa shape index (κ2) is 2.66. The van der Waals surface area contributed by atoms with Crippen LogP contribution in [0.25, 0.3) is 0 Å². The Balaban J connectivity index is 3.80. The molecule has 0 saturated carbocycles. The highest BCUT2D eigenvalue weighted by molar-refractivity contribution is 7.32. The molecule has 0 aliphatic rings. The zero-order valence-electron chi connectivity index (χ0n) is 3.27. The van der Waals surface area contributed by atoms with Crippen molar-refractivity contribution in [3.8, 4) is 0 Å². The molecule has 1 atom stereocenters. The van der Waals surface area contributed by atoms with Crippen molar-refractivity contribution in [3.05, 3.63) is 0 Å². The molecule has 0 saturated heterocycles. The van der Waals surface area contributed by atoms with Gasteiger partial charge >= 0.3 is 7.68 Å². The van der Waals surface area contributed by atoms with Crippen molar-refractivity contribution < 1.29 is 19.0 Å². The number of carbonyl (C=O) groups is 1. The third-order valence-corrected chi connectivity index (χ3v) is 0.891. The smallest absolute Gasteiger partial charge is 0.352 e. The summed E-state index contributed by atoms with van der Waals surface area (Å²) in [5.41, 5.74) is 0. The van der Waals surface area contributed by atoms with Crippen molar-refractivity contribution in [1.29, 1.82) is 0 Å². The van der Waals surface area contributed by atoms with Crippen LogP contribution >= 0.6 is 7.68 Å². The number of rotatable bonds is 2. The van der Waals surface area contributed by atoms with Gasteiger partial charge in [-0.1, -0.05) is 0 Å². The molecule has 0 aromatic carbocycles. The second-order valence-corrected chi connectivity index (χ2v) is 1.93. The lowest BCUT2D eigenvalue weighted by atomic mass is 10.8. The number of aliphatic hydroxyl groups is 1. The van der Waals surface area contributed by atoms with Crippen LogP contribution in [0.1, 0.15) is 0 Å². The standard InChI is InChI=1S/C2H3O4P/c3-1-2(4)7(5)6/h1-2,4H. The predicted octanol–water partition coefficient (Wildman–Crippen LogP) is -0.323. The molecule has 0 aliphatic heterocycles. The van der Waals surface area contributed by atoms with E-state index in [0.717, 1.165) is 0 Å². The molecule has 40 valence electrons. The molecule has 0 fully saturated rings. The summed E-state index contributed by atoms with van der Waals surface area (Å²) in [5, 5.41) is 7.97. The van der Waals surface area contributed by atoms with Gasteiger partial charge in [0.1, 0.15) is 0 Å². The predicted molar refractivity (Wildman–Crippen MR) is 20.4 cm³/mol. The lowest BCUT2D eigenvalue weighted by molar-refractivity contribution is -0.111.